The Morgan fingerprint density at radius 3 is 2.50 bits per heavy atom. The lowest BCUT2D eigenvalue weighted by Crippen LogP contribution is -2.37. The fourth-order valence-corrected chi connectivity index (χ4v) is 4.05. The van der Waals surface area contributed by atoms with Crippen molar-refractivity contribution in [2.75, 3.05) is 32.1 Å². The van der Waals surface area contributed by atoms with E-state index < -0.39 is 0 Å². The fraction of sp³-hybridized carbons (Fsp3) is 0.421. The first-order chi connectivity index (χ1) is 12.3. The molecule has 6 nitrogen and oxygen atoms in total. The third-order valence-corrected chi connectivity index (χ3v) is 5.50. The Kier molecular flexibility index (Phi) is 5.11. The molecule has 0 saturated heterocycles. The lowest BCUT2D eigenvalue weighted by atomic mass is 10.1. The molecule has 0 fully saturated rings. The molecule has 0 unspecified atom stereocenters. The first kappa shape index (κ1) is 18.5. The molecular formula is C19H25N5OS. The van der Waals surface area contributed by atoms with Crippen LogP contribution in [0.2, 0.25) is 0 Å². The van der Waals surface area contributed by atoms with E-state index in [1.54, 1.807) is 20.9 Å². The van der Waals surface area contributed by atoms with Crippen LogP contribution in [0.15, 0.2) is 18.3 Å². The van der Waals surface area contributed by atoms with Crippen molar-refractivity contribution in [1.29, 1.82) is 0 Å². The van der Waals surface area contributed by atoms with Gasteiger partial charge in [0.2, 0.25) is 0 Å². The van der Waals surface area contributed by atoms with E-state index in [9.17, 15) is 4.79 Å². The zero-order chi connectivity index (χ0) is 19.0. The summed E-state index contributed by atoms with van der Waals surface area (Å²) in [6.45, 7) is 7.39. The second-order valence-electron chi connectivity index (χ2n) is 7.02. The summed E-state index contributed by atoms with van der Waals surface area (Å²) < 4.78 is 2.81. The number of anilines is 1. The zero-order valence-corrected chi connectivity index (χ0v) is 17.0. The van der Waals surface area contributed by atoms with Gasteiger partial charge in [-0.2, -0.15) is 5.10 Å². The van der Waals surface area contributed by atoms with Crippen molar-refractivity contribution >= 4 is 32.6 Å². The standard InChI is InChI=1S/C19H25N5OS/c1-12-9-13(2)17-15(10-12)20-19(26-17)24(8-7-22(4)5)18(25)16-14(3)11-23(6)21-16/h9-11H,7-8H2,1-6H3. The predicted octanol–water partition coefficient (Wildman–Crippen LogP) is 3.16. The third kappa shape index (κ3) is 3.64. The van der Waals surface area contributed by atoms with Gasteiger partial charge in [0.1, 0.15) is 0 Å². The van der Waals surface area contributed by atoms with Crippen LogP contribution in [0.25, 0.3) is 10.2 Å². The average molecular weight is 372 g/mol. The Morgan fingerprint density at radius 1 is 1.15 bits per heavy atom. The lowest BCUT2D eigenvalue weighted by Gasteiger charge is -2.21. The Labute approximate surface area is 158 Å². The maximum atomic E-state index is 13.2. The number of carbonyl (C=O) groups excluding carboxylic acids is 1. The second-order valence-corrected chi connectivity index (χ2v) is 8.00. The first-order valence-electron chi connectivity index (χ1n) is 8.61. The van der Waals surface area contributed by atoms with Gasteiger partial charge in [-0.3, -0.25) is 14.4 Å². The number of carbonyl (C=O) groups is 1. The molecule has 0 bridgehead atoms. The minimum atomic E-state index is -0.0987. The number of thiazole rings is 1. The highest BCUT2D eigenvalue weighted by molar-refractivity contribution is 7.22. The Bertz CT molecular complexity index is 956. The van der Waals surface area contributed by atoms with E-state index in [1.807, 2.05) is 34.3 Å². The summed E-state index contributed by atoms with van der Waals surface area (Å²) >= 11 is 1.57. The molecule has 1 aromatic carbocycles. The SMILES string of the molecule is Cc1cc(C)c2sc(N(CCN(C)C)C(=O)c3nn(C)cc3C)nc2c1. The van der Waals surface area contributed by atoms with Crippen LogP contribution in [0.3, 0.4) is 0 Å². The van der Waals surface area contributed by atoms with Crippen molar-refractivity contribution in [3.05, 3.63) is 40.7 Å². The molecule has 0 aliphatic carbocycles. The highest BCUT2D eigenvalue weighted by atomic mass is 32.1. The lowest BCUT2D eigenvalue weighted by molar-refractivity contribution is 0.0979. The van der Waals surface area contributed by atoms with Crippen molar-refractivity contribution in [2.45, 2.75) is 20.8 Å². The summed E-state index contributed by atoms with van der Waals surface area (Å²) in [6.07, 6.45) is 1.86. The van der Waals surface area contributed by atoms with Gasteiger partial charge in [0, 0.05) is 31.9 Å². The van der Waals surface area contributed by atoms with Crippen LogP contribution in [0.1, 0.15) is 27.2 Å². The van der Waals surface area contributed by atoms with Crippen LogP contribution in [0.5, 0.6) is 0 Å². The van der Waals surface area contributed by atoms with E-state index in [4.69, 9.17) is 4.98 Å². The molecule has 2 heterocycles. The molecule has 1 amide bonds. The molecule has 2 aromatic heterocycles. The Morgan fingerprint density at radius 2 is 1.88 bits per heavy atom. The topological polar surface area (TPSA) is 54.3 Å². The molecule has 3 rings (SSSR count). The molecular weight excluding hydrogens is 346 g/mol. The van der Waals surface area contributed by atoms with E-state index in [0.29, 0.717) is 12.2 Å². The van der Waals surface area contributed by atoms with Gasteiger partial charge in [-0.25, -0.2) is 4.98 Å². The summed E-state index contributed by atoms with van der Waals surface area (Å²) in [7, 11) is 5.83. The summed E-state index contributed by atoms with van der Waals surface area (Å²) in [5.41, 5.74) is 4.68. The first-order valence-corrected chi connectivity index (χ1v) is 9.42. The van der Waals surface area contributed by atoms with Gasteiger partial charge in [0.15, 0.2) is 10.8 Å². The van der Waals surface area contributed by atoms with Gasteiger partial charge < -0.3 is 4.90 Å². The number of fused-ring (bicyclic) bond motifs is 1. The van der Waals surface area contributed by atoms with Gasteiger partial charge in [-0.05, 0) is 52.1 Å². The molecule has 0 aliphatic heterocycles. The Balaban J connectivity index is 2.04. The average Bonchev–Trinajstić information content (AvgIpc) is 3.10. The number of rotatable bonds is 5. The molecule has 3 aromatic rings. The summed E-state index contributed by atoms with van der Waals surface area (Å²) in [5, 5.41) is 5.09. The molecule has 7 heteroatoms. The minimum Gasteiger partial charge on any atom is -0.308 e. The summed E-state index contributed by atoms with van der Waals surface area (Å²) in [6, 6.07) is 4.22. The molecule has 0 saturated carbocycles. The summed E-state index contributed by atoms with van der Waals surface area (Å²) in [5.74, 6) is -0.0987. The van der Waals surface area contributed by atoms with Crippen molar-refractivity contribution in [3.8, 4) is 0 Å². The number of aryl methyl sites for hydroxylation is 4. The number of nitrogens with zero attached hydrogens (tertiary/aromatic N) is 5. The quantitative estimate of drug-likeness (QED) is 0.691. The molecule has 0 aliphatic rings. The molecule has 26 heavy (non-hydrogen) atoms. The van der Waals surface area contributed by atoms with Gasteiger partial charge >= 0.3 is 0 Å². The van der Waals surface area contributed by atoms with E-state index in [1.165, 1.54) is 11.1 Å². The van der Waals surface area contributed by atoms with Gasteiger partial charge in [0.05, 0.1) is 10.2 Å². The largest absolute Gasteiger partial charge is 0.308 e. The number of hydrogen-bond donors (Lipinski definition) is 0. The van der Waals surface area contributed by atoms with Crippen molar-refractivity contribution < 1.29 is 4.79 Å². The van der Waals surface area contributed by atoms with E-state index >= 15 is 0 Å². The number of aromatic nitrogens is 3. The third-order valence-electron chi connectivity index (χ3n) is 4.27. The van der Waals surface area contributed by atoms with Crippen LogP contribution in [-0.4, -0.2) is 52.8 Å². The highest BCUT2D eigenvalue weighted by Gasteiger charge is 2.25. The highest BCUT2D eigenvalue weighted by Crippen LogP contribution is 2.32. The normalized spacial score (nSPS) is 11.5. The smallest absolute Gasteiger partial charge is 0.280 e. The molecule has 138 valence electrons. The van der Waals surface area contributed by atoms with Gasteiger partial charge in [0.25, 0.3) is 5.91 Å². The minimum absolute atomic E-state index is 0.0987. The van der Waals surface area contributed by atoms with Crippen LogP contribution in [-0.2, 0) is 7.05 Å². The van der Waals surface area contributed by atoms with Gasteiger partial charge in [-0.15, -0.1) is 0 Å². The number of benzene rings is 1. The number of hydrogen-bond acceptors (Lipinski definition) is 5. The zero-order valence-electron chi connectivity index (χ0n) is 16.2. The number of amides is 1. The monoisotopic (exact) mass is 371 g/mol. The molecule has 0 spiro atoms. The number of likely N-dealkylation sites (N-methyl/N-ethyl adjacent to an activating group) is 1. The molecule has 0 atom stereocenters. The second kappa shape index (κ2) is 7.17. The van der Waals surface area contributed by atoms with E-state index in [-0.39, 0.29) is 5.91 Å². The van der Waals surface area contributed by atoms with Crippen LogP contribution >= 0.6 is 11.3 Å². The van der Waals surface area contributed by atoms with Crippen molar-refractivity contribution in [1.82, 2.24) is 19.7 Å². The fourth-order valence-electron chi connectivity index (χ4n) is 3.01. The van der Waals surface area contributed by atoms with Crippen LogP contribution in [0, 0.1) is 20.8 Å². The predicted molar refractivity (Wildman–Crippen MR) is 107 cm³/mol. The van der Waals surface area contributed by atoms with Crippen LogP contribution in [0.4, 0.5) is 5.13 Å². The summed E-state index contributed by atoms with van der Waals surface area (Å²) in [4.78, 5) is 21.8. The maximum Gasteiger partial charge on any atom is 0.280 e. The van der Waals surface area contributed by atoms with Crippen LogP contribution < -0.4 is 4.90 Å². The molecule has 0 radical (unpaired) electrons. The van der Waals surface area contributed by atoms with E-state index in [0.717, 1.165) is 27.5 Å². The van der Waals surface area contributed by atoms with Gasteiger partial charge in [-0.1, -0.05) is 17.4 Å². The maximum absolute atomic E-state index is 13.2. The van der Waals surface area contributed by atoms with Crippen molar-refractivity contribution in [2.24, 2.45) is 7.05 Å². The Hall–Kier alpha value is -2.25. The van der Waals surface area contributed by atoms with Crippen molar-refractivity contribution in [3.63, 3.8) is 0 Å². The van der Waals surface area contributed by atoms with E-state index in [2.05, 4.69) is 36.0 Å². The molecule has 0 N–H and O–H groups in total.